The van der Waals surface area contributed by atoms with Gasteiger partial charge in [-0.15, -0.1) is 24.8 Å². The van der Waals surface area contributed by atoms with Crippen LogP contribution in [-0.2, 0) is 0 Å². The number of nitrogens with one attached hydrogen (secondary N) is 1. The van der Waals surface area contributed by atoms with E-state index in [4.69, 9.17) is 14.2 Å². The van der Waals surface area contributed by atoms with E-state index in [0.717, 1.165) is 0 Å². The Morgan fingerprint density at radius 1 is 0.958 bits per heavy atom. The predicted octanol–water partition coefficient (Wildman–Crippen LogP) is 2.77. The summed E-state index contributed by atoms with van der Waals surface area (Å²) >= 11 is 0. The SMILES string of the molecule is COc1cc(OC)c([C@@H](C(F)F)N2CCNCC2)c(OC)c1.Cl.Cl. The van der Waals surface area contributed by atoms with Gasteiger partial charge in [0.05, 0.1) is 26.9 Å². The van der Waals surface area contributed by atoms with Crippen molar-refractivity contribution in [3.05, 3.63) is 17.7 Å². The molecule has 2 rings (SSSR count). The lowest BCUT2D eigenvalue weighted by Gasteiger charge is -2.35. The Kier molecular flexibility index (Phi) is 10.3. The first kappa shape index (κ1) is 23.0. The van der Waals surface area contributed by atoms with Gasteiger partial charge in [-0.05, 0) is 0 Å². The van der Waals surface area contributed by atoms with Crippen LogP contribution in [0.1, 0.15) is 11.6 Å². The molecule has 1 fully saturated rings. The first-order valence-corrected chi connectivity index (χ1v) is 7.15. The number of hydrogen-bond acceptors (Lipinski definition) is 5. The second kappa shape index (κ2) is 10.8. The lowest BCUT2D eigenvalue weighted by atomic mass is 10.0. The minimum absolute atomic E-state index is 0. The fourth-order valence-corrected chi connectivity index (χ4v) is 2.75. The third-order valence-electron chi connectivity index (χ3n) is 3.83. The van der Waals surface area contributed by atoms with Crippen molar-refractivity contribution in [1.82, 2.24) is 10.2 Å². The molecular formula is C15H24Cl2F2N2O3. The molecule has 0 spiro atoms. The van der Waals surface area contributed by atoms with Crippen LogP contribution in [-0.4, -0.2) is 58.8 Å². The summed E-state index contributed by atoms with van der Waals surface area (Å²) in [5.74, 6) is 1.20. The fraction of sp³-hybridized carbons (Fsp3) is 0.600. The molecule has 1 atom stereocenters. The molecule has 0 saturated carbocycles. The Labute approximate surface area is 153 Å². The molecule has 0 unspecified atom stereocenters. The number of piperazine rings is 1. The number of nitrogens with zero attached hydrogens (tertiary/aromatic N) is 1. The van der Waals surface area contributed by atoms with Crippen LogP contribution < -0.4 is 19.5 Å². The molecule has 1 N–H and O–H groups in total. The Balaban J connectivity index is 0.00000264. The van der Waals surface area contributed by atoms with Crippen molar-refractivity contribution in [3.63, 3.8) is 0 Å². The average molecular weight is 389 g/mol. The zero-order chi connectivity index (χ0) is 16.1. The molecule has 1 aliphatic rings. The van der Waals surface area contributed by atoms with Gasteiger partial charge in [0.1, 0.15) is 23.3 Å². The smallest absolute Gasteiger partial charge is 0.258 e. The molecule has 1 heterocycles. The van der Waals surface area contributed by atoms with E-state index in [1.807, 2.05) is 0 Å². The highest BCUT2D eigenvalue weighted by Crippen LogP contribution is 2.43. The van der Waals surface area contributed by atoms with Crippen molar-refractivity contribution in [2.45, 2.75) is 12.5 Å². The van der Waals surface area contributed by atoms with E-state index in [9.17, 15) is 8.78 Å². The van der Waals surface area contributed by atoms with Crippen LogP contribution in [0.15, 0.2) is 12.1 Å². The molecule has 24 heavy (non-hydrogen) atoms. The van der Waals surface area contributed by atoms with Crippen LogP contribution in [0.5, 0.6) is 17.2 Å². The van der Waals surface area contributed by atoms with Gasteiger partial charge in [0.2, 0.25) is 0 Å². The van der Waals surface area contributed by atoms with Crippen LogP contribution >= 0.6 is 24.8 Å². The first-order valence-electron chi connectivity index (χ1n) is 7.15. The number of rotatable bonds is 6. The highest BCUT2D eigenvalue weighted by Gasteiger charge is 2.35. The van der Waals surface area contributed by atoms with Gasteiger partial charge >= 0.3 is 0 Å². The van der Waals surface area contributed by atoms with Gasteiger partial charge in [0.15, 0.2) is 0 Å². The minimum Gasteiger partial charge on any atom is -0.496 e. The van der Waals surface area contributed by atoms with Crippen LogP contribution in [0, 0.1) is 0 Å². The van der Waals surface area contributed by atoms with Crippen molar-refractivity contribution in [1.29, 1.82) is 0 Å². The number of hydrogen-bond donors (Lipinski definition) is 1. The van der Waals surface area contributed by atoms with Gasteiger partial charge in [0.25, 0.3) is 6.43 Å². The monoisotopic (exact) mass is 388 g/mol. The number of benzene rings is 1. The third kappa shape index (κ3) is 4.99. The highest BCUT2D eigenvalue weighted by molar-refractivity contribution is 5.85. The highest BCUT2D eigenvalue weighted by atomic mass is 35.5. The van der Waals surface area contributed by atoms with Gasteiger partial charge in [0, 0.05) is 38.3 Å². The fourth-order valence-electron chi connectivity index (χ4n) is 2.75. The topological polar surface area (TPSA) is 43.0 Å². The van der Waals surface area contributed by atoms with Crippen molar-refractivity contribution < 1.29 is 23.0 Å². The van der Waals surface area contributed by atoms with Gasteiger partial charge in [-0.25, -0.2) is 8.78 Å². The van der Waals surface area contributed by atoms with E-state index >= 15 is 0 Å². The lowest BCUT2D eigenvalue weighted by molar-refractivity contribution is 0.0158. The molecule has 140 valence electrons. The zero-order valence-corrected chi connectivity index (χ0v) is 15.5. The second-order valence-corrected chi connectivity index (χ2v) is 5.01. The zero-order valence-electron chi connectivity index (χ0n) is 13.9. The van der Waals surface area contributed by atoms with Gasteiger partial charge < -0.3 is 19.5 Å². The molecule has 0 aliphatic carbocycles. The van der Waals surface area contributed by atoms with Crippen LogP contribution in [0.2, 0.25) is 0 Å². The minimum atomic E-state index is -2.55. The van der Waals surface area contributed by atoms with Crippen molar-refractivity contribution in [2.75, 3.05) is 47.5 Å². The van der Waals surface area contributed by atoms with E-state index in [0.29, 0.717) is 49.0 Å². The molecule has 0 radical (unpaired) electrons. The van der Waals surface area contributed by atoms with E-state index in [1.54, 1.807) is 17.0 Å². The molecule has 1 aliphatic heterocycles. The molecule has 0 bridgehead atoms. The summed E-state index contributed by atoms with van der Waals surface area (Å²) in [5.41, 5.74) is 0.364. The molecule has 1 aromatic carbocycles. The number of alkyl halides is 2. The maximum atomic E-state index is 13.8. The molecule has 9 heteroatoms. The normalized spacial score (nSPS) is 15.9. The van der Waals surface area contributed by atoms with Crippen LogP contribution in [0.3, 0.4) is 0 Å². The quantitative estimate of drug-likeness (QED) is 0.811. The lowest BCUT2D eigenvalue weighted by Crippen LogP contribution is -2.47. The number of halogens is 4. The molecule has 1 aromatic rings. The summed E-state index contributed by atoms with van der Waals surface area (Å²) in [6.45, 7) is 2.47. The third-order valence-corrected chi connectivity index (χ3v) is 3.83. The van der Waals surface area contributed by atoms with Crippen molar-refractivity contribution in [2.24, 2.45) is 0 Å². The Hall–Kier alpha value is -1.02. The standard InChI is InChI=1S/C15H22F2N2O3.2ClH/c1-20-10-8-11(21-2)13(12(9-10)22-3)14(15(16)17)19-6-4-18-5-7-19;;/h8-9,14-15,18H,4-7H2,1-3H3;2*1H/t14-;;/m0../s1. The second-order valence-electron chi connectivity index (χ2n) is 5.01. The Morgan fingerprint density at radius 3 is 1.83 bits per heavy atom. The van der Waals surface area contributed by atoms with E-state index in [1.165, 1.54) is 21.3 Å². The Morgan fingerprint density at radius 2 is 1.46 bits per heavy atom. The largest absolute Gasteiger partial charge is 0.496 e. The summed E-state index contributed by atoms with van der Waals surface area (Å²) in [5, 5.41) is 3.17. The maximum Gasteiger partial charge on any atom is 0.258 e. The van der Waals surface area contributed by atoms with Crippen LogP contribution in [0.4, 0.5) is 8.78 Å². The molecule has 1 saturated heterocycles. The average Bonchev–Trinajstić information content (AvgIpc) is 2.55. The van der Waals surface area contributed by atoms with E-state index < -0.39 is 12.5 Å². The van der Waals surface area contributed by atoms with E-state index in [-0.39, 0.29) is 24.8 Å². The van der Waals surface area contributed by atoms with Gasteiger partial charge in [-0.1, -0.05) is 0 Å². The predicted molar refractivity (Wildman–Crippen MR) is 93.8 cm³/mol. The van der Waals surface area contributed by atoms with Crippen molar-refractivity contribution in [3.8, 4) is 17.2 Å². The Bertz CT molecular complexity index is 479. The summed E-state index contributed by atoms with van der Waals surface area (Å²) in [6, 6.07) is 2.14. The molecular weight excluding hydrogens is 365 g/mol. The molecule has 5 nitrogen and oxygen atoms in total. The first-order chi connectivity index (χ1) is 10.6. The number of methoxy groups -OCH3 is 3. The molecule has 0 amide bonds. The number of ether oxygens (including phenoxy) is 3. The van der Waals surface area contributed by atoms with Crippen molar-refractivity contribution >= 4 is 24.8 Å². The summed E-state index contributed by atoms with van der Waals surface area (Å²) in [4.78, 5) is 1.76. The summed E-state index contributed by atoms with van der Waals surface area (Å²) in [6.07, 6.45) is -2.55. The molecule has 0 aromatic heterocycles. The maximum absolute atomic E-state index is 13.8. The van der Waals surface area contributed by atoms with Gasteiger partial charge in [-0.2, -0.15) is 0 Å². The summed E-state index contributed by atoms with van der Waals surface area (Å²) in [7, 11) is 4.42. The van der Waals surface area contributed by atoms with Crippen LogP contribution in [0.25, 0.3) is 0 Å². The van der Waals surface area contributed by atoms with E-state index in [2.05, 4.69) is 5.32 Å². The summed E-state index contributed by atoms with van der Waals surface area (Å²) < 4.78 is 43.4. The van der Waals surface area contributed by atoms with Gasteiger partial charge in [-0.3, -0.25) is 4.90 Å².